The number of carboxylic acids is 1. The third-order valence-corrected chi connectivity index (χ3v) is 6.52. The predicted molar refractivity (Wildman–Crippen MR) is 130 cm³/mol. The Hall–Kier alpha value is -3.19. The van der Waals surface area contributed by atoms with Crippen molar-refractivity contribution in [3.8, 4) is 22.1 Å². The van der Waals surface area contributed by atoms with Crippen LogP contribution in [0.5, 0.6) is 11.5 Å². The van der Waals surface area contributed by atoms with Crippen LogP contribution in [0, 0.1) is 6.92 Å². The number of carboxylic acid groups (broad SMARTS) is 1. The number of carbonyl (C=O) groups excluding carboxylic acids is 1. The number of nitrogens with zero attached hydrogens (tertiary/aromatic N) is 1. The van der Waals surface area contributed by atoms with Gasteiger partial charge < -0.3 is 14.6 Å². The van der Waals surface area contributed by atoms with Gasteiger partial charge in [-0.15, -0.1) is 11.3 Å². The Balaban J connectivity index is 1.73. The van der Waals surface area contributed by atoms with Crippen molar-refractivity contribution < 1.29 is 24.2 Å². The Morgan fingerprint density at radius 1 is 1.09 bits per heavy atom. The molecule has 2 aromatic carbocycles. The minimum Gasteiger partial charge on any atom is -0.497 e. The molecule has 1 N–H and O–H groups in total. The number of aliphatic carboxylic acids is 1. The normalized spacial score (nSPS) is 11.9. The number of methoxy groups -OCH3 is 1. The number of ketones is 1. The van der Waals surface area contributed by atoms with Crippen molar-refractivity contribution in [2.75, 3.05) is 7.11 Å². The molecule has 0 radical (unpaired) electrons. The second-order valence-corrected chi connectivity index (χ2v) is 9.30. The standard InChI is InChI=1S/C26H29NO5S/c1-15(2)24-23(33-25(27-24)18-6-9-20(31-5)10-7-18)13-11-21(28)19-8-12-22(16(3)14-19)32-17(4)26(29)30/h6-10,12,14-15,17H,11,13H2,1-5H3,(H,29,30). The summed E-state index contributed by atoms with van der Waals surface area (Å²) in [4.78, 5) is 29.9. The van der Waals surface area contributed by atoms with Crippen molar-refractivity contribution in [2.45, 2.75) is 52.6 Å². The van der Waals surface area contributed by atoms with E-state index < -0.39 is 12.1 Å². The molecule has 0 saturated heterocycles. The van der Waals surface area contributed by atoms with Crippen LogP contribution in [-0.2, 0) is 11.2 Å². The summed E-state index contributed by atoms with van der Waals surface area (Å²) < 4.78 is 10.7. The van der Waals surface area contributed by atoms with E-state index in [0.717, 1.165) is 32.5 Å². The van der Waals surface area contributed by atoms with Crippen LogP contribution in [0.25, 0.3) is 10.6 Å². The quantitative estimate of drug-likeness (QED) is 0.373. The van der Waals surface area contributed by atoms with Crippen LogP contribution in [0.1, 0.15) is 59.6 Å². The largest absolute Gasteiger partial charge is 0.497 e. The smallest absolute Gasteiger partial charge is 0.344 e. The summed E-state index contributed by atoms with van der Waals surface area (Å²) >= 11 is 1.63. The topological polar surface area (TPSA) is 85.7 Å². The van der Waals surface area contributed by atoms with Gasteiger partial charge in [-0.05, 0) is 74.2 Å². The molecule has 0 aliphatic heterocycles. The molecule has 3 rings (SSSR count). The fourth-order valence-corrected chi connectivity index (χ4v) is 4.64. The third kappa shape index (κ3) is 5.99. The highest BCUT2D eigenvalue weighted by molar-refractivity contribution is 7.15. The number of aromatic nitrogens is 1. The first-order chi connectivity index (χ1) is 15.7. The highest BCUT2D eigenvalue weighted by atomic mass is 32.1. The number of Topliss-reactive ketones (excluding diaryl/α,β-unsaturated/α-hetero) is 1. The van der Waals surface area contributed by atoms with Crippen molar-refractivity contribution in [1.29, 1.82) is 0 Å². The lowest BCUT2D eigenvalue weighted by Gasteiger charge is -2.13. The molecule has 1 heterocycles. The van der Waals surface area contributed by atoms with Crippen LogP contribution in [0.3, 0.4) is 0 Å². The van der Waals surface area contributed by atoms with Crippen LogP contribution >= 0.6 is 11.3 Å². The molecular weight excluding hydrogens is 438 g/mol. The third-order valence-electron chi connectivity index (χ3n) is 5.34. The van der Waals surface area contributed by atoms with Crippen LogP contribution in [0.2, 0.25) is 0 Å². The van der Waals surface area contributed by atoms with Gasteiger partial charge in [0.15, 0.2) is 11.9 Å². The van der Waals surface area contributed by atoms with E-state index in [1.807, 2.05) is 31.2 Å². The lowest BCUT2D eigenvalue weighted by atomic mass is 10.0. The molecule has 7 heteroatoms. The zero-order chi connectivity index (χ0) is 24.1. The lowest BCUT2D eigenvalue weighted by molar-refractivity contribution is -0.144. The zero-order valence-electron chi connectivity index (χ0n) is 19.5. The van der Waals surface area contributed by atoms with Crippen LogP contribution < -0.4 is 9.47 Å². The number of thiazole rings is 1. The fourth-order valence-electron chi connectivity index (χ4n) is 3.42. The van der Waals surface area contributed by atoms with Gasteiger partial charge >= 0.3 is 5.97 Å². The average Bonchev–Trinajstić information content (AvgIpc) is 3.23. The summed E-state index contributed by atoms with van der Waals surface area (Å²) in [6, 6.07) is 12.9. The number of ether oxygens (including phenoxy) is 2. The summed E-state index contributed by atoms with van der Waals surface area (Å²) in [6.45, 7) is 7.50. The number of aryl methyl sites for hydroxylation is 2. The van der Waals surface area contributed by atoms with Gasteiger partial charge in [-0.2, -0.15) is 0 Å². The summed E-state index contributed by atoms with van der Waals surface area (Å²) in [7, 11) is 1.64. The minimum atomic E-state index is -1.03. The lowest BCUT2D eigenvalue weighted by Crippen LogP contribution is -2.23. The molecule has 1 unspecified atom stereocenters. The Morgan fingerprint density at radius 2 is 1.79 bits per heavy atom. The molecule has 0 amide bonds. The molecule has 0 saturated carbocycles. The first-order valence-corrected chi connectivity index (χ1v) is 11.7. The van der Waals surface area contributed by atoms with Gasteiger partial charge in [-0.1, -0.05) is 13.8 Å². The van der Waals surface area contributed by atoms with Crippen molar-refractivity contribution in [2.24, 2.45) is 0 Å². The van der Waals surface area contributed by atoms with E-state index in [1.54, 1.807) is 36.6 Å². The Bertz CT molecular complexity index is 1130. The van der Waals surface area contributed by atoms with Crippen molar-refractivity contribution >= 4 is 23.1 Å². The number of carbonyl (C=O) groups is 2. The zero-order valence-corrected chi connectivity index (χ0v) is 20.4. The molecule has 0 fully saturated rings. The van der Waals surface area contributed by atoms with E-state index in [1.165, 1.54) is 6.92 Å². The predicted octanol–water partition coefficient (Wildman–Crippen LogP) is 5.92. The molecular formula is C26H29NO5S. The van der Waals surface area contributed by atoms with E-state index in [9.17, 15) is 9.59 Å². The molecule has 0 aliphatic rings. The summed E-state index contributed by atoms with van der Waals surface area (Å²) in [5.74, 6) is 0.525. The van der Waals surface area contributed by atoms with E-state index in [0.29, 0.717) is 24.2 Å². The van der Waals surface area contributed by atoms with Crippen molar-refractivity contribution in [3.05, 3.63) is 64.2 Å². The maximum Gasteiger partial charge on any atom is 0.344 e. The highest BCUT2D eigenvalue weighted by Gasteiger charge is 2.18. The summed E-state index contributed by atoms with van der Waals surface area (Å²) in [6.07, 6.45) is 0.0359. The van der Waals surface area contributed by atoms with E-state index >= 15 is 0 Å². The summed E-state index contributed by atoms with van der Waals surface area (Å²) in [5.41, 5.74) is 3.38. The van der Waals surface area contributed by atoms with Gasteiger partial charge in [0, 0.05) is 22.4 Å². The Labute approximate surface area is 198 Å². The first-order valence-electron chi connectivity index (χ1n) is 10.9. The molecule has 6 nitrogen and oxygen atoms in total. The molecule has 0 spiro atoms. The molecule has 1 aromatic heterocycles. The maximum absolute atomic E-state index is 12.9. The van der Waals surface area contributed by atoms with Gasteiger partial charge in [0.25, 0.3) is 0 Å². The maximum atomic E-state index is 12.9. The first kappa shape index (κ1) is 24.5. The second kappa shape index (κ2) is 10.6. The number of rotatable bonds is 10. The van der Waals surface area contributed by atoms with Crippen molar-refractivity contribution in [1.82, 2.24) is 4.98 Å². The van der Waals surface area contributed by atoms with Gasteiger partial charge in [0.1, 0.15) is 16.5 Å². The molecule has 0 aliphatic carbocycles. The van der Waals surface area contributed by atoms with Gasteiger partial charge in [-0.3, -0.25) is 4.79 Å². The van der Waals surface area contributed by atoms with Gasteiger partial charge in [0.2, 0.25) is 0 Å². The summed E-state index contributed by atoms with van der Waals surface area (Å²) in [5, 5.41) is 9.96. The monoisotopic (exact) mass is 467 g/mol. The van der Waals surface area contributed by atoms with Crippen LogP contribution in [0.4, 0.5) is 0 Å². The van der Waals surface area contributed by atoms with E-state index in [4.69, 9.17) is 19.6 Å². The van der Waals surface area contributed by atoms with Gasteiger partial charge in [0.05, 0.1) is 12.8 Å². The Morgan fingerprint density at radius 3 is 2.36 bits per heavy atom. The highest BCUT2D eigenvalue weighted by Crippen LogP contribution is 2.33. The van der Waals surface area contributed by atoms with Crippen molar-refractivity contribution in [3.63, 3.8) is 0 Å². The van der Waals surface area contributed by atoms with Crippen LogP contribution in [0.15, 0.2) is 42.5 Å². The minimum absolute atomic E-state index is 0.0324. The molecule has 0 bridgehead atoms. The Kier molecular flexibility index (Phi) is 7.87. The second-order valence-electron chi connectivity index (χ2n) is 8.21. The van der Waals surface area contributed by atoms with Gasteiger partial charge in [-0.25, -0.2) is 9.78 Å². The number of hydrogen-bond acceptors (Lipinski definition) is 6. The van der Waals surface area contributed by atoms with Crippen LogP contribution in [-0.4, -0.2) is 35.1 Å². The molecule has 1 atom stereocenters. The number of hydrogen-bond donors (Lipinski definition) is 1. The molecule has 3 aromatic rings. The molecule has 174 valence electrons. The SMILES string of the molecule is COc1ccc(-c2nc(C(C)C)c(CCC(=O)c3ccc(OC(C)C(=O)O)c(C)c3)s2)cc1. The average molecular weight is 468 g/mol. The van der Waals surface area contributed by atoms with E-state index in [-0.39, 0.29) is 11.7 Å². The number of benzene rings is 2. The van der Waals surface area contributed by atoms with E-state index in [2.05, 4.69) is 13.8 Å². The fraction of sp³-hybridized carbons (Fsp3) is 0.346. The molecule has 33 heavy (non-hydrogen) atoms.